The van der Waals surface area contributed by atoms with Crippen LogP contribution < -0.4 is 5.32 Å². The summed E-state index contributed by atoms with van der Waals surface area (Å²) in [5.41, 5.74) is 1.54. The molecule has 0 saturated heterocycles. The highest BCUT2D eigenvalue weighted by Gasteiger charge is 2.08. The Morgan fingerprint density at radius 2 is 2.17 bits per heavy atom. The monoisotopic (exact) mass is 363 g/mol. The van der Waals surface area contributed by atoms with Crippen molar-refractivity contribution in [2.75, 3.05) is 6.54 Å². The predicted molar refractivity (Wildman–Crippen MR) is 95.4 cm³/mol. The number of thiazole rings is 1. The zero-order valence-electron chi connectivity index (χ0n) is 12.4. The Bertz CT molecular complexity index is 811. The molecule has 4 nitrogen and oxygen atoms in total. The standard InChI is InChI=1S/C16H14ClN3OS2/c1-10-20-13(9-22-10)14-4-3-12(23-14)6-7-18-16(21)11-2-5-15(17)19-8-11/h2-5,8-9H,6-7H2,1H3,(H,18,21). The maximum absolute atomic E-state index is 12.0. The molecule has 118 valence electrons. The molecule has 1 amide bonds. The summed E-state index contributed by atoms with van der Waals surface area (Å²) in [5.74, 6) is -0.138. The Morgan fingerprint density at radius 3 is 2.87 bits per heavy atom. The van der Waals surface area contributed by atoms with Crippen LogP contribution in [0.15, 0.2) is 35.8 Å². The van der Waals surface area contributed by atoms with Gasteiger partial charge in [-0.05, 0) is 37.6 Å². The number of thiophene rings is 1. The summed E-state index contributed by atoms with van der Waals surface area (Å²) < 4.78 is 0. The molecule has 3 heterocycles. The van der Waals surface area contributed by atoms with E-state index < -0.39 is 0 Å². The van der Waals surface area contributed by atoms with Crippen LogP contribution in [-0.4, -0.2) is 22.4 Å². The fraction of sp³-hybridized carbons (Fsp3) is 0.188. The van der Waals surface area contributed by atoms with Crippen LogP contribution in [0.3, 0.4) is 0 Å². The number of hydrogen-bond donors (Lipinski definition) is 1. The van der Waals surface area contributed by atoms with E-state index in [1.165, 1.54) is 11.1 Å². The summed E-state index contributed by atoms with van der Waals surface area (Å²) in [5, 5.41) is 6.41. The van der Waals surface area contributed by atoms with E-state index in [0.717, 1.165) is 22.0 Å². The van der Waals surface area contributed by atoms with Gasteiger partial charge < -0.3 is 5.32 Å². The van der Waals surface area contributed by atoms with Gasteiger partial charge in [0.1, 0.15) is 5.15 Å². The van der Waals surface area contributed by atoms with Gasteiger partial charge in [-0.15, -0.1) is 22.7 Å². The minimum Gasteiger partial charge on any atom is -0.352 e. The van der Waals surface area contributed by atoms with Crippen LogP contribution in [0.25, 0.3) is 10.6 Å². The minimum atomic E-state index is -0.138. The summed E-state index contributed by atoms with van der Waals surface area (Å²) in [6.07, 6.45) is 2.27. The molecule has 3 aromatic heterocycles. The molecule has 7 heteroatoms. The van der Waals surface area contributed by atoms with Gasteiger partial charge >= 0.3 is 0 Å². The molecule has 0 spiro atoms. The fourth-order valence-corrected chi connectivity index (χ4v) is 3.81. The Labute approximate surface area is 147 Å². The molecule has 0 radical (unpaired) electrons. The Kier molecular flexibility index (Phi) is 5.05. The van der Waals surface area contributed by atoms with Crippen LogP contribution >= 0.6 is 34.3 Å². The van der Waals surface area contributed by atoms with Gasteiger partial charge in [0.2, 0.25) is 0 Å². The van der Waals surface area contributed by atoms with Crippen LogP contribution in [0, 0.1) is 6.92 Å². The van der Waals surface area contributed by atoms with Gasteiger partial charge in [-0.3, -0.25) is 4.79 Å². The lowest BCUT2D eigenvalue weighted by molar-refractivity contribution is 0.0954. The third-order valence-corrected chi connectivity index (χ3v) is 5.34. The first-order valence-corrected chi connectivity index (χ1v) is 9.10. The average molecular weight is 364 g/mol. The summed E-state index contributed by atoms with van der Waals surface area (Å²) >= 11 is 9.07. The van der Waals surface area contributed by atoms with E-state index in [9.17, 15) is 4.79 Å². The number of carbonyl (C=O) groups excluding carboxylic acids is 1. The lowest BCUT2D eigenvalue weighted by Crippen LogP contribution is -2.25. The number of carbonyl (C=O) groups is 1. The average Bonchev–Trinajstić information content (AvgIpc) is 3.17. The quantitative estimate of drug-likeness (QED) is 0.691. The number of amides is 1. The van der Waals surface area contributed by atoms with Crippen molar-refractivity contribution < 1.29 is 4.79 Å². The van der Waals surface area contributed by atoms with E-state index in [2.05, 4.69) is 32.8 Å². The normalized spacial score (nSPS) is 10.7. The van der Waals surface area contributed by atoms with Crippen LogP contribution in [-0.2, 0) is 6.42 Å². The van der Waals surface area contributed by atoms with Gasteiger partial charge in [-0.25, -0.2) is 9.97 Å². The first-order chi connectivity index (χ1) is 11.1. The first kappa shape index (κ1) is 16.1. The van der Waals surface area contributed by atoms with Crippen molar-refractivity contribution in [1.29, 1.82) is 0 Å². The van der Waals surface area contributed by atoms with Crippen LogP contribution in [0.5, 0.6) is 0 Å². The zero-order valence-corrected chi connectivity index (χ0v) is 14.8. The molecule has 1 N–H and O–H groups in total. The van der Waals surface area contributed by atoms with Gasteiger partial charge in [0.25, 0.3) is 5.91 Å². The van der Waals surface area contributed by atoms with Crippen molar-refractivity contribution in [2.45, 2.75) is 13.3 Å². The topological polar surface area (TPSA) is 54.9 Å². The van der Waals surface area contributed by atoms with Crippen molar-refractivity contribution in [3.63, 3.8) is 0 Å². The Balaban J connectivity index is 1.54. The van der Waals surface area contributed by atoms with Gasteiger partial charge in [-0.1, -0.05) is 11.6 Å². The molecule has 0 atom stereocenters. The molecular formula is C16H14ClN3OS2. The molecule has 0 aliphatic rings. The van der Waals surface area contributed by atoms with Gasteiger partial charge in [-0.2, -0.15) is 0 Å². The highest BCUT2D eigenvalue weighted by atomic mass is 35.5. The second-order valence-corrected chi connectivity index (χ2v) is 7.51. The van der Waals surface area contributed by atoms with Crippen molar-refractivity contribution >= 4 is 40.2 Å². The smallest absolute Gasteiger partial charge is 0.252 e. The lowest BCUT2D eigenvalue weighted by atomic mass is 10.2. The first-order valence-electron chi connectivity index (χ1n) is 7.03. The lowest BCUT2D eigenvalue weighted by Gasteiger charge is -2.03. The molecule has 0 fully saturated rings. The molecule has 3 aromatic rings. The molecule has 0 aliphatic heterocycles. The van der Waals surface area contributed by atoms with E-state index in [-0.39, 0.29) is 5.91 Å². The Morgan fingerprint density at radius 1 is 1.30 bits per heavy atom. The number of pyridine rings is 1. The summed E-state index contributed by atoms with van der Waals surface area (Å²) in [7, 11) is 0. The molecule has 0 aliphatic carbocycles. The number of aromatic nitrogens is 2. The molecule has 3 rings (SSSR count). The summed E-state index contributed by atoms with van der Waals surface area (Å²) in [6, 6.07) is 7.44. The van der Waals surface area contributed by atoms with Crippen LogP contribution in [0.2, 0.25) is 5.15 Å². The molecular weight excluding hydrogens is 350 g/mol. The zero-order chi connectivity index (χ0) is 16.2. The largest absolute Gasteiger partial charge is 0.352 e. The molecule has 0 bridgehead atoms. The highest BCUT2D eigenvalue weighted by Crippen LogP contribution is 2.29. The SMILES string of the molecule is Cc1nc(-c2ccc(CCNC(=O)c3ccc(Cl)nc3)s2)cs1. The van der Waals surface area contributed by atoms with E-state index >= 15 is 0 Å². The molecule has 23 heavy (non-hydrogen) atoms. The van der Waals surface area contributed by atoms with Gasteiger partial charge in [0.05, 0.1) is 21.1 Å². The van der Waals surface area contributed by atoms with E-state index in [4.69, 9.17) is 11.6 Å². The van der Waals surface area contributed by atoms with Crippen molar-refractivity contribution in [3.8, 4) is 10.6 Å². The second kappa shape index (κ2) is 7.21. The van der Waals surface area contributed by atoms with Crippen molar-refractivity contribution in [3.05, 3.63) is 56.4 Å². The molecule has 0 aromatic carbocycles. The van der Waals surface area contributed by atoms with E-state index in [1.54, 1.807) is 34.8 Å². The maximum atomic E-state index is 12.0. The summed E-state index contributed by atoms with van der Waals surface area (Å²) in [4.78, 5) is 22.8. The van der Waals surface area contributed by atoms with Crippen LogP contribution in [0.4, 0.5) is 0 Å². The Hall–Kier alpha value is -1.76. The van der Waals surface area contributed by atoms with Crippen molar-refractivity contribution in [1.82, 2.24) is 15.3 Å². The van der Waals surface area contributed by atoms with E-state index in [0.29, 0.717) is 17.3 Å². The number of aryl methyl sites for hydroxylation is 1. The van der Waals surface area contributed by atoms with Gasteiger partial charge in [0.15, 0.2) is 0 Å². The highest BCUT2D eigenvalue weighted by molar-refractivity contribution is 7.16. The fourth-order valence-electron chi connectivity index (χ4n) is 2.04. The third kappa shape index (κ3) is 4.16. The van der Waals surface area contributed by atoms with Crippen molar-refractivity contribution in [2.24, 2.45) is 0 Å². The predicted octanol–water partition coefficient (Wildman–Crippen LogP) is 4.20. The number of rotatable bonds is 5. The third-order valence-electron chi connectivity index (χ3n) is 3.18. The number of nitrogens with one attached hydrogen (secondary N) is 1. The second-order valence-electron chi connectivity index (χ2n) is 4.89. The number of nitrogens with zero attached hydrogens (tertiary/aromatic N) is 2. The number of halogens is 1. The minimum absolute atomic E-state index is 0.138. The molecule has 0 saturated carbocycles. The van der Waals surface area contributed by atoms with E-state index in [1.807, 2.05) is 6.92 Å². The van der Waals surface area contributed by atoms with Gasteiger partial charge in [0, 0.05) is 23.0 Å². The molecule has 0 unspecified atom stereocenters. The number of hydrogen-bond acceptors (Lipinski definition) is 5. The maximum Gasteiger partial charge on any atom is 0.252 e. The van der Waals surface area contributed by atoms with Crippen LogP contribution in [0.1, 0.15) is 20.2 Å². The summed E-state index contributed by atoms with van der Waals surface area (Å²) in [6.45, 7) is 2.58.